The van der Waals surface area contributed by atoms with Gasteiger partial charge in [-0.15, -0.1) is 0 Å². The summed E-state index contributed by atoms with van der Waals surface area (Å²) >= 11 is 0. The van der Waals surface area contributed by atoms with Gasteiger partial charge in [0, 0.05) is 6.20 Å². The van der Waals surface area contributed by atoms with E-state index in [0.717, 1.165) is 0 Å². The number of allylic oxidation sites excluding steroid dienone is 3. The molecule has 0 aromatic carbocycles. The fourth-order valence-electron chi connectivity index (χ4n) is 0.397. The predicted molar refractivity (Wildman–Crippen MR) is 54.0 cm³/mol. The minimum absolute atomic E-state index is 0.611. The summed E-state index contributed by atoms with van der Waals surface area (Å²) in [5.41, 5.74) is 0. The number of aliphatic imine (C=N–C) groups is 1. The van der Waals surface area contributed by atoms with Crippen molar-refractivity contribution in [2.75, 3.05) is 0 Å². The third-order valence-corrected chi connectivity index (χ3v) is 0.799. The maximum Gasteiger partial charge on any atom is 0.0260 e. The predicted octanol–water partition coefficient (Wildman–Crippen LogP) is 3.44. The van der Waals surface area contributed by atoms with Crippen molar-refractivity contribution in [2.24, 2.45) is 10.9 Å². The second-order valence-corrected chi connectivity index (χ2v) is 2.15. The lowest BCUT2D eigenvalue weighted by atomic mass is 10.2. The highest BCUT2D eigenvalue weighted by atomic mass is 14.6. The molecule has 0 saturated heterocycles. The smallest absolute Gasteiger partial charge is 0.0260 e. The molecule has 0 N–H and O–H groups in total. The Morgan fingerprint density at radius 3 is 2.09 bits per heavy atom. The van der Waals surface area contributed by atoms with E-state index in [-0.39, 0.29) is 0 Å². The molecule has 11 heavy (non-hydrogen) atoms. The molecule has 0 aliphatic heterocycles. The van der Waals surface area contributed by atoms with Crippen LogP contribution in [0, 0.1) is 5.92 Å². The summed E-state index contributed by atoms with van der Waals surface area (Å²) in [5.74, 6) is 0.611. The summed E-state index contributed by atoms with van der Waals surface area (Å²) in [5, 5.41) is 0. The van der Waals surface area contributed by atoms with E-state index < -0.39 is 0 Å². The van der Waals surface area contributed by atoms with Crippen LogP contribution < -0.4 is 0 Å². The van der Waals surface area contributed by atoms with Gasteiger partial charge in [-0.1, -0.05) is 39.8 Å². The summed E-state index contributed by atoms with van der Waals surface area (Å²) in [6.07, 6.45) is 7.60. The van der Waals surface area contributed by atoms with Gasteiger partial charge in [0.25, 0.3) is 0 Å². The zero-order valence-electron chi connectivity index (χ0n) is 8.04. The Kier molecular flexibility index (Phi) is 13.8. The third-order valence-electron chi connectivity index (χ3n) is 0.799. The molecule has 0 saturated carbocycles. The van der Waals surface area contributed by atoms with E-state index in [0.29, 0.717) is 5.92 Å². The molecule has 0 atom stereocenters. The normalized spacial score (nSPS) is 10.3. The van der Waals surface area contributed by atoms with Gasteiger partial charge in [-0.25, -0.2) is 0 Å². The van der Waals surface area contributed by atoms with Crippen LogP contribution in [-0.2, 0) is 0 Å². The molecule has 0 fully saturated rings. The Balaban J connectivity index is 0. The van der Waals surface area contributed by atoms with Gasteiger partial charge in [0.2, 0.25) is 0 Å². The fraction of sp³-hybridized carbons (Fsp3) is 0.500. The second-order valence-electron chi connectivity index (χ2n) is 2.15. The lowest BCUT2D eigenvalue weighted by Crippen LogP contribution is -1.74. The van der Waals surface area contributed by atoms with Gasteiger partial charge in [0.05, 0.1) is 0 Å². The van der Waals surface area contributed by atoms with Crippen molar-refractivity contribution < 1.29 is 0 Å². The van der Waals surface area contributed by atoms with Crippen molar-refractivity contribution in [1.82, 2.24) is 0 Å². The first-order valence-corrected chi connectivity index (χ1v) is 4.06. The molecule has 0 rings (SSSR count). The van der Waals surface area contributed by atoms with Crippen LogP contribution in [0.3, 0.4) is 0 Å². The van der Waals surface area contributed by atoms with Crippen LogP contribution in [0.15, 0.2) is 29.4 Å². The van der Waals surface area contributed by atoms with Gasteiger partial charge >= 0.3 is 0 Å². The van der Waals surface area contributed by atoms with Crippen molar-refractivity contribution >= 4 is 6.72 Å². The quantitative estimate of drug-likeness (QED) is 0.435. The molecule has 0 aromatic rings. The van der Waals surface area contributed by atoms with Crippen LogP contribution in [0.5, 0.6) is 0 Å². The molecule has 0 heterocycles. The van der Waals surface area contributed by atoms with E-state index in [4.69, 9.17) is 0 Å². The van der Waals surface area contributed by atoms with Gasteiger partial charge in [-0.05, 0) is 18.7 Å². The largest absolute Gasteiger partial charge is 0.273 e. The molecule has 0 radical (unpaired) electrons. The zero-order chi connectivity index (χ0) is 9.11. The molecular weight excluding hydrogens is 134 g/mol. The molecule has 0 aliphatic carbocycles. The fourth-order valence-corrected chi connectivity index (χ4v) is 0.397. The van der Waals surface area contributed by atoms with E-state index >= 15 is 0 Å². The van der Waals surface area contributed by atoms with Crippen LogP contribution in [0.2, 0.25) is 0 Å². The van der Waals surface area contributed by atoms with Crippen LogP contribution in [0.4, 0.5) is 0 Å². The topological polar surface area (TPSA) is 12.4 Å². The number of rotatable bonds is 3. The van der Waals surface area contributed by atoms with Crippen LogP contribution in [0.1, 0.15) is 27.7 Å². The summed E-state index contributed by atoms with van der Waals surface area (Å²) in [6, 6.07) is 0. The second kappa shape index (κ2) is 11.9. The number of nitrogens with zero attached hydrogens (tertiary/aromatic N) is 1. The average Bonchev–Trinajstić information content (AvgIpc) is 2.02. The van der Waals surface area contributed by atoms with Gasteiger partial charge < -0.3 is 0 Å². The Bertz CT molecular complexity index is 121. The van der Waals surface area contributed by atoms with Gasteiger partial charge in [-0.2, -0.15) is 0 Å². The van der Waals surface area contributed by atoms with E-state index in [1.807, 2.05) is 26.0 Å². The Morgan fingerprint density at radius 2 is 1.73 bits per heavy atom. The van der Waals surface area contributed by atoms with Crippen molar-refractivity contribution in [1.29, 1.82) is 0 Å². The van der Waals surface area contributed by atoms with Crippen molar-refractivity contribution in [3.05, 3.63) is 24.4 Å². The highest BCUT2D eigenvalue weighted by Gasteiger charge is 1.78. The summed E-state index contributed by atoms with van der Waals surface area (Å²) in [4.78, 5) is 3.55. The van der Waals surface area contributed by atoms with E-state index in [9.17, 15) is 0 Å². The summed E-state index contributed by atoms with van der Waals surface area (Å²) < 4.78 is 0. The molecule has 0 spiro atoms. The molecule has 1 nitrogen and oxygen atoms in total. The molecule has 0 aliphatic rings. The van der Waals surface area contributed by atoms with E-state index in [1.54, 1.807) is 6.20 Å². The molecule has 0 aromatic heterocycles. The van der Waals surface area contributed by atoms with Crippen molar-refractivity contribution in [3.8, 4) is 0 Å². The lowest BCUT2D eigenvalue weighted by Gasteiger charge is -1.88. The monoisotopic (exact) mass is 153 g/mol. The maximum atomic E-state index is 3.55. The highest BCUT2D eigenvalue weighted by molar-refractivity contribution is 5.26. The van der Waals surface area contributed by atoms with Crippen LogP contribution in [-0.4, -0.2) is 6.72 Å². The number of hydrogen-bond donors (Lipinski definition) is 0. The first-order chi connectivity index (χ1) is 5.27. The molecule has 0 unspecified atom stereocenters. The molecule has 0 bridgehead atoms. The Labute approximate surface area is 70.5 Å². The number of hydrogen-bond acceptors (Lipinski definition) is 1. The SMILES string of the molecule is C=N/C=C\C=C/C(C)C.CC. The lowest BCUT2D eigenvalue weighted by molar-refractivity contribution is 0.832. The standard InChI is InChI=1S/C8H13N.C2H6/c1-8(2)6-4-5-7-9-3;1-2/h4-8H,3H2,1-2H3;1-2H3/b6-4-,7-5-;. The van der Waals surface area contributed by atoms with E-state index in [1.165, 1.54) is 0 Å². The molecule has 64 valence electrons. The molecule has 1 heteroatoms. The minimum Gasteiger partial charge on any atom is -0.273 e. The van der Waals surface area contributed by atoms with Gasteiger partial charge in [-0.3, -0.25) is 4.99 Å². The molecular formula is C10H19N. The van der Waals surface area contributed by atoms with Crippen LogP contribution >= 0.6 is 0 Å². The van der Waals surface area contributed by atoms with Gasteiger partial charge in [0.1, 0.15) is 0 Å². The Hall–Kier alpha value is -0.850. The first-order valence-electron chi connectivity index (χ1n) is 4.06. The third kappa shape index (κ3) is 17.6. The summed E-state index contributed by atoms with van der Waals surface area (Å²) in [7, 11) is 0. The summed E-state index contributed by atoms with van der Waals surface area (Å²) in [6.45, 7) is 11.6. The van der Waals surface area contributed by atoms with Crippen LogP contribution in [0.25, 0.3) is 0 Å². The average molecular weight is 153 g/mol. The van der Waals surface area contributed by atoms with Gasteiger partial charge in [0.15, 0.2) is 0 Å². The van der Waals surface area contributed by atoms with Crippen molar-refractivity contribution in [3.63, 3.8) is 0 Å². The Morgan fingerprint density at radius 1 is 1.18 bits per heavy atom. The minimum atomic E-state index is 0.611. The van der Waals surface area contributed by atoms with E-state index in [2.05, 4.69) is 31.6 Å². The first kappa shape index (κ1) is 12.8. The molecule has 0 amide bonds. The van der Waals surface area contributed by atoms with Crippen molar-refractivity contribution in [2.45, 2.75) is 27.7 Å². The maximum absolute atomic E-state index is 3.55. The zero-order valence-corrected chi connectivity index (χ0v) is 8.04. The highest BCUT2D eigenvalue weighted by Crippen LogP contribution is 1.92.